The van der Waals surface area contributed by atoms with Crippen LogP contribution in [0.1, 0.15) is 30.5 Å². The van der Waals surface area contributed by atoms with Gasteiger partial charge in [-0.2, -0.15) is 29.4 Å². The van der Waals surface area contributed by atoms with Crippen LogP contribution in [0.15, 0.2) is 492 Å². The molecular formula is C123H96FIr6N10O2-9. The van der Waals surface area contributed by atoms with E-state index in [2.05, 4.69) is 192 Å². The smallest absolute Gasteiger partial charge is 0.155 e. The number of hydrogen-bond acceptors (Lipinski definition) is 11. The van der Waals surface area contributed by atoms with Crippen LogP contribution in [0.5, 0.6) is 0 Å². The second-order valence-corrected chi connectivity index (χ2v) is 29.8. The molecule has 1 N–H and O–H groups in total. The van der Waals surface area contributed by atoms with Gasteiger partial charge in [0, 0.05) is 189 Å². The number of rotatable bonds is 13. The molecule has 6 radical (unpaired) electrons. The first-order valence-corrected chi connectivity index (χ1v) is 43.8. The molecule has 12 aromatic carbocycles. The maximum absolute atomic E-state index is 12.8. The molecule has 9 heterocycles. The van der Waals surface area contributed by atoms with Crippen molar-refractivity contribution >= 4 is 5.78 Å². The number of aliphatic hydroxyl groups is 1. The van der Waals surface area contributed by atoms with Crippen molar-refractivity contribution in [2.75, 3.05) is 0 Å². The number of nitrogens with zero attached hydrogens (tertiary/aromatic N) is 10. The van der Waals surface area contributed by atoms with E-state index in [1.54, 1.807) is 41.7 Å². The van der Waals surface area contributed by atoms with Crippen LogP contribution in [0.3, 0.4) is 0 Å². The second kappa shape index (κ2) is 66.7. The van der Waals surface area contributed by atoms with Gasteiger partial charge in [-0.05, 0) is 185 Å². The molecule has 0 aliphatic rings. The summed E-state index contributed by atoms with van der Waals surface area (Å²) >= 11 is 0. The maximum Gasteiger partial charge on any atom is 0.155 e. The summed E-state index contributed by atoms with van der Waals surface area (Å²) in [6.07, 6.45) is 19.0. The Balaban J connectivity index is 0.000000243. The maximum atomic E-state index is 12.8. The van der Waals surface area contributed by atoms with Crippen LogP contribution in [0, 0.1) is 81.2 Å². The van der Waals surface area contributed by atoms with Gasteiger partial charge >= 0.3 is 0 Å². The molecule has 0 unspecified atom stereocenters. The molecule has 142 heavy (non-hydrogen) atoms. The normalized spacial score (nSPS) is 9.66. The zero-order valence-corrected chi connectivity index (χ0v) is 92.3. The molecule has 0 saturated carbocycles. The van der Waals surface area contributed by atoms with E-state index in [-0.39, 0.29) is 138 Å². The average molecular weight is 2920 g/mol. The van der Waals surface area contributed by atoms with Gasteiger partial charge in [0.1, 0.15) is 5.82 Å². The molecule has 21 aromatic rings. The van der Waals surface area contributed by atoms with Gasteiger partial charge < -0.3 is 45.0 Å². The topological polar surface area (TPSA) is 158 Å². The van der Waals surface area contributed by atoms with Gasteiger partial charge in [-0.3, -0.25) is 9.48 Å². The van der Waals surface area contributed by atoms with E-state index in [1.165, 1.54) is 88.3 Å². The number of benzene rings is 12. The van der Waals surface area contributed by atoms with Gasteiger partial charge in [0.25, 0.3) is 0 Å². The Kier molecular flexibility index (Phi) is 54.8. The Labute approximate surface area is 914 Å². The van der Waals surface area contributed by atoms with E-state index in [0.717, 1.165) is 90.1 Å². The third-order valence-electron chi connectivity index (χ3n) is 19.6. The molecule has 0 fully saturated rings. The van der Waals surface area contributed by atoms with Crippen LogP contribution in [0.4, 0.5) is 4.39 Å². The summed E-state index contributed by atoms with van der Waals surface area (Å²) < 4.78 is 14.6. The van der Waals surface area contributed by atoms with Crippen molar-refractivity contribution in [3.63, 3.8) is 0 Å². The Morgan fingerprint density at radius 3 is 0.937 bits per heavy atom. The number of para-hydroxylation sites is 1. The van der Waals surface area contributed by atoms with Crippen LogP contribution in [0.25, 0.3) is 129 Å². The molecule has 0 amide bonds. The van der Waals surface area contributed by atoms with Gasteiger partial charge in [0.05, 0.1) is 5.76 Å². The Morgan fingerprint density at radius 1 is 0.275 bits per heavy atom. The fraction of sp³-hybridized carbons (Fsp3) is 0.0407. The van der Waals surface area contributed by atoms with Gasteiger partial charge in [-0.25, -0.2) is 4.39 Å². The molecule has 0 aliphatic heterocycles. The minimum atomic E-state index is -0.276. The van der Waals surface area contributed by atoms with Crippen molar-refractivity contribution in [2.45, 2.75) is 34.6 Å². The molecule has 0 saturated heterocycles. The van der Waals surface area contributed by atoms with Crippen LogP contribution in [-0.4, -0.2) is 60.5 Å². The summed E-state index contributed by atoms with van der Waals surface area (Å²) in [7, 11) is 0. The molecule has 0 aliphatic carbocycles. The number of allylic oxidation sites excluding steroid dienone is 2. The van der Waals surface area contributed by atoms with Crippen LogP contribution >= 0.6 is 0 Å². The van der Waals surface area contributed by atoms with Crippen molar-refractivity contribution in [3.8, 4) is 129 Å². The van der Waals surface area contributed by atoms with E-state index >= 15 is 0 Å². The van der Waals surface area contributed by atoms with Crippen LogP contribution in [0.2, 0.25) is 0 Å². The molecule has 21 rings (SSSR count). The number of aryl methyl sites for hydroxylation is 3. The van der Waals surface area contributed by atoms with Crippen molar-refractivity contribution in [1.82, 2.24) is 49.7 Å². The van der Waals surface area contributed by atoms with Crippen molar-refractivity contribution < 1.29 is 135 Å². The Hall–Kier alpha value is -13.9. The van der Waals surface area contributed by atoms with Crippen molar-refractivity contribution in [2.24, 2.45) is 0 Å². The number of ketones is 1. The Bertz CT molecular complexity index is 6460. The van der Waals surface area contributed by atoms with E-state index in [0.29, 0.717) is 5.69 Å². The molecule has 0 bridgehead atoms. The largest absolute Gasteiger partial charge is 0.512 e. The first-order chi connectivity index (χ1) is 66.8. The monoisotopic (exact) mass is 2920 g/mol. The van der Waals surface area contributed by atoms with Gasteiger partial charge in [-0.1, -0.05) is 152 Å². The molecule has 0 atom stereocenters. The number of carbonyl (C=O) groups excluding carboxylic acids is 1. The molecule has 0 spiro atoms. The van der Waals surface area contributed by atoms with Crippen LogP contribution < -0.4 is 0 Å². The minimum Gasteiger partial charge on any atom is -0.512 e. The quantitative estimate of drug-likeness (QED) is 0.0665. The van der Waals surface area contributed by atoms with E-state index < -0.39 is 0 Å². The Morgan fingerprint density at radius 2 is 0.606 bits per heavy atom. The predicted molar refractivity (Wildman–Crippen MR) is 548 cm³/mol. The third-order valence-corrected chi connectivity index (χ3v) is 19.6. The minimum absolute atomic E-state index is 0. The SMILES string of the molecule is CC(=O)C=C(C)O.Cc1ccc(-c2[c-]cccc2)nc1.Cc1cccc(C)c1-c1ccnc(-c2[c-]cccc2)c1.Fc1ccnc(-c2[c-]cccc2)c1.[Ir].[Ir].[Ir].[Ir].[Ir].[Ir].[c-]1ccc(-c2ccccc2)cc1-c1ccccn1.[c-]1ccccc1-c1cc(-c2ccccc2)ccn1.[c-]1ccccc1-c1ccccn1.[c-]1ccccc1-c1ccccn1.[c-]1ccccc1-c1ccccn1.[c-]1ccccc1-n1cccn1. The summed E-state index contributed by atoms with van der Waals surface area (Å²) in [5, 5.41) is 12.4. The average Bonchev–Trinajstić information content (AvgIpc) is 0.921. The number of aliphatic hydroxyl groups excluding tert-OH is 1. The number of pyridine rings is 8. The molecule has 9 aromatic heterocycles. The van der Waals surface area contributed by atoms with E-state index in [1.807, 2.05) is 353 Å². The standard InChI is InChI=1S/C19H16N.2C17H12N.C12H10N.C11H7FN.3C11H8N.C9H7N2.C5H8O2.6Ir/c1-14-7-6-8-15(2)19(14)17-11-12-20-18(13-17)16-9-4-3-5-10-16;1-3-7-14(8-4-1)16-11-12-18-17(13-16)15-9-5-2-6-10-15;1-2-7-14(8-3-1)15-9-6-10-16(13-15)17-11-4-5-12-18-17;1-10-7-8-12(13-9-10)11-5-3-2-4-6-11;12-10-6-7-13-11(8-10)9-4-2-1-3-5-9;3*1-2-6-10(7-3-1)11-8-4-5-9-12-11;1-2-5-9(6-3-1)11-8-4-7-10-11;1-4(6)3-5(2)7;;;;;;/h3-9,11-13H,1-2H3;2*1-9,11-13H;2-5,7-9H,1H3;1-4,6-8H;3*1-6,8-9H;1-5,7-8H;3,6H,1-2H3;;;;;;/q9*-1;;;;;;;. The summed E-state index contributed by atoms with van der Waals surface area (Å²) in [6, 6.07) is 164. The number of carbonyl (C=O) groups is 1. The number of aromatic nitrogens is 10. The first-order valence-electron chi connectivity index (χ1n) is 43.8. The third kappa shape index (κ3) is 40.4. The molecular weight excluding hydrogens is 2820 g/mol. The summed E-state index contributed by atoms with van der Waals surface area (Å²) in [5.41, 5.74) is 27.4. The zero-order chi connectivity index (χ0) is 94.6. The van der Waals surface area contributed by atoms with E-state index in [9.17, 15) is 9.18 Å². The van der Waals surface area contributed by atoms with Gasteiger partial charge in [0.2, 0.25) is 0 Å². The molecule has 12 nitrogen and oxygen atoms in total. The van der Waals surface area contributed by atoms with Crippen molar-refractivity contribution in [3.05, 3.63) is 569 Å². The predicted octanol–water partition coefficient (Wildman–Crippen LogP) is 29.2. The zero-order valence-electron chi connectivity index (χ0n) is 77.9. The molecule has 720 valence electrons. The van der Waals surface area contributed by atoms with Gasteiger partial charge in [-0.15, -0.1) is 293 Å². The number of hydrogen-bond donors (Lipinski definition) is 1. The van der Waals surface area contributed by atoms with Crippen LogP contribution in [-0.2, 0) is 125 Å². The second-order valence-electron chi connectivity index (χ2n) is 29.8. The molecule has 19 heteroatoms. The summed E-state index contributed by atoms with van der Waals surface area (Å²) in [5.74, 6) is -0.338. The van der Waals surface area contributed by atoms with Crippen molar-refractivity contribution in [1.29, 1.82) is 0 Å². The van der Waals surface area contributed by atoms with E-state index in [4.69, 9.17) is 5.11 Å². The first kappa shape index (κ1) is 117. The summed E-state index contributed by atoms with van der Waals surface area (Å²) in [6.45, 7) is 9.18. The fourth-order valence-corrected chi connectivity index (χ4v) is 13.2. The summed E-state index contributed by atoms with van der Waals surface area (Å²) in [4.78, 5) is 44.2. The number of halogens is 1. The van der Waals surface area contributed by atoms with Gasteiger partial charge in [0.15, 0.2) is 5.78 Å². The fourth-order valence-electron chi connectivity index (χ4n) is 13.2.